The summed E-state index contributed by atoms with van der Waals surface area (Å²) in [5.41, 5.74) is 1.88. The molecule has 1 unspecified atom stereocenters. The van der Waals surface area contributed by atoms with Crippen molar-refractivity contribution in [2.75, 3.05) is 13.1 Å². The number of nitrogens with one attached hydrogen (secondary N) is 2. The van der Waals surface area contributed by atoms with Gasteiger partial charge in [-0.1, -0.05) is 18.2 Å². The van der Waals surface area contributed by atoms with Crippen molar-refractivity contribution in [3.05, 3.63) is 77.8 Å². The number of benzene rings is 2. The molecule has 130 valence electrons. The number of amides is 1. The molecule has 4 rings (SSSR count). The summed E-state index contributed by atoms with van der Waals surface area (Å²) in [5, 5.41) is 10.7. The smallest absolute Gasteiger partial charge is 0.251 e. The van der Waals surface area contributed by atoms with Crippen LogP contribution in [0.4, 0.5) is 4.39 Å². The number of fused-ring (bicyclic) bond motifs is 1. The first-order chi connectivity index (χ1) is 12.7. The van der Waals surface area contributed by atoms with Gasteiger partial charge in [0.2, 0.25) is 0 Å². The number of aromatic nitrogens is 2. The molecule has 2 N–H and O–H groups in total. The highest BCUT2D eigenvalue weighted by Gasteiger charge is 2.31. The largest absolute Gasteiger partial charge is 0.351 e. The average molecular weight is 348 g/mol. The summed E-state index contributed by atoms with van der Waals surface area (Å²) in [4.78, 5) is 17.0. The number of H-pyrrole nitrogens is 1. The lowest BCUT2D eigenvalue weighted by atomic mass is 9.79. The van der Waals surface area contributed by atoms with Gasteiger partial charge in [0.05, 0.1) is 23.7 Å². The van der Waals surface area contributed by atoms with Crippen molar-refractivity contribution in [2.24, 2.45) is 4.99 Å². The molecule has 1 amide bonds. The van der Waals surface area contributed by atoms with Gasteiger partial charge in [0.1, 0.15) is 5.82 Å². The molecule has 0 fully saturated rings. The Morgan fingerprint density at radius 3 is 2.85 bits per heavy atom. The maximum absolute atomic E-state index is 13.3. The van der Waals surface area contributed by atoms with Gasteiger partial charge in [0.25, 0.3) is 5.91 Å². The fourth-order valence-corrected chi connectivity index (χ4v) is 3.17. The average Bonchev–Trinajstić information content (AvgIpc) is 3.15. The fraction of sp³-hybridized carbons (Fsp3) is 0.150. The molecular formula is C20H17FN4O. The Morgan fingerprint density at radius 1 is 1.23 bits per heavy atom. The standard InChI is InChI=1S/C20H17FN4O/c21-17-5-3-16(4-6-17)20(8-1-9-22-12-20)13-23-19(26)14-2-7-18-15(10-14)11-24-25-18/h1-11H,12-13H2,(H,23,26)(H,24,25). The van der Waals surface area contributed by atoms with Gasteiger partial charge in [0, 0.05) is 23.7 Å². The van der Waals surface area contributed by atoms with Gasteiger partial charge in [0.15, 0.2) is 0 Å². The Morgan fingerprint density at radius 2 is 2.08 bits per heavy atom. The molecule has 26 heavy (non-hydrogen) atoms. The highest BCUT2D eigenvalue weighted by Crippen LogP contribution is 2.28. The van der Waals surface area contributed by atoms with Gasteiger partial charge in [-0.15, -0.1) is 0 Å². The molecule has 0 bridgehead atoms. The topological polar surface area (TPSA) is 70.1 Å². The van der Waals surface area contributed by atoms with Crippen molar-refractivity contribution < 1.29 is 9.18 Å². The van der Waals surface area contributed by atoms with Gasteiger partial charge in [-0.3, -0.25) is 14.9 Å². The molecular weight excluding hydrogens is 331 g/mol. The van der Waals surface area contributed by atoms with E-state index in [9.17, 15) is 9.18 Å². The summed E-state index contributed by atoms with van der Waals surface area (Å²) >= 11 is 0. The second kappa shape index (κ2) is 6.55. The lowest BCUT2D eigenvalue weighted by molar-refractivity contribution is 0.0947. The molecule has 0 saturated heterocycles. The summed E-state index contributed by atoms with van der Waals surface area (Å²) in [6.45, 7) is 0.866. The van der Waals surface area contributed by atoms with Gasteiger partial charge in [-0.25, -0.2) is 4.39 Å². The number of hydrogen-bond acceptors (Lipinski definition) is 3. The van der Waals surface area contributed by atoms with E-state index in [4.69, 9.17) is 0 Å². The van der Waals surface area contributed by atoms with Crippen LogP contribution in [0.15, 0.2) is 65.8 Å². The number of nitrogens with zero attached hydrogens (tertiary/aromatic N) is 2. The van der Waals surface area contributed by atoms with Crippen molar-refractivity contribution in [2.45, 2.75) is 5.41 Å². The molecule has 2 heterocycles. The van der Waals surface area contributed by atoms with Crippen molar-refractivity contribution in [1.82, 2.24) is 15.5 Å². The minimum atomic E-state index is -0.488. The van der Waals surface area contributed by atoms with Gasteiger partial charge in [-0.05, 0) is 42.0 Å². The molecule has 1 aliphatic rings. The first kappa shape index (κ1) is 16.2. The lowest BCUT2D eigenvalue weighted by Crippen LogP contribution is -2.42. The van der Waals surface area contributed by atoms with Gasteiger partial charge in [-0.2, -0.15) is 5.10 Å². The maximum atomic E-state index is 13.3. The monoisotopic (exact) mass is 348 g/mol. The first-order valence-electron chi connectivity index (χ1n) is 8.31. The Kier molecular flexibility index (Phi) is 4.08. The van der Waals surface area contributed by atoms with Crippen LogP contribution in [0.2, 0.25) is 0 Å². The third-order valence-corrected chi connectivity index (χ3v) is 4.67. The van der Waals surface area contributed by atoms with Crippen molar-refractivity contribution in [3.8, 4) is 0 Å². The third-order valence-electron chi connectivity index (χ3n) is 4.67. The Labute approximate surface area is 149 Å². The molecule has 0 spiro atoms. The zero-order chi connectivity index (χ0) is 18.0. The molecule has 0 saturated carbocycles. The number of halogens is 1. The fourth-order valence-electron chi connectivity index (χ4n) is 3.17. The van der Waals surface area contributed by atoms with Crippen LogP contribution >= 0.6 is 0 Å². The van der Waals surface area contributed by atoms with Gasteiger partial charge >= 0.3 is 0 Å². The van der Waals surface area contributed by atoms with Crippen LogP contribution in [-0.2, 0) is 5.41 Å². The number of hydrogen-bond donors (Lipinski definition) is 2. The number of aliphatic imine (C=N–C) groups is 1. The Hall–Kier alpha value is -3.28. The van der Waals surface area contributed by atoms with Crippen LogP contribution in [0.5, 0.6) is 0 Å². The molecule has 2 aromatic carbocycles. The van der Waals surface area contributed by atoms with Crippen LogP contribution in [0.3, 0.4) is 0 Å². The highest BCUT2D eigenvalue weighted by atomic mass is 19.1. The van der Waals surface area contributed by atoms with E-state index in [0.717, 1.165) is 16.5 Å². The van der Waals surface area contributed by atoms with E-state index in [-0.39, 0.29) is 11.7 Å². The number of carbonyl (C=O) groups excluding carboxylic acids is 1. The number of dihydropyridines is 1. The highest BCUT2D eigenvalue weighted by molar-refractivity contribution is 5.97. The van der Waals surface area contributed by atoms with E-state index in [1.165, 1.54) is 12.1 Å². The number of aromatic amines is 1. The SMILES string of the molecule is O=C(NCC1(c2ccc(F)cc2)C=CC=NC1)c1ccc2[nH]ncc2c1. The summed E-state index contributed by atoms with van der Waals surface area (Å²) in [7, 11) is 0. The predicted molar refractivity (Wildman–Crippen MR) is 99.0 cm³/mol. The number of carbonyl (C=O) groups is 1. The Bertz CT molecular complexity index is 1010. The van der Waals surface area contributed by atoms with E-state index in [2.05, 4.69) is 20.5 Å². The minimum Gasteiger partial charge on any atom is -0.351 e. The summed E-state index contributed by atoms with van der Waals surface area (Å²) in [6, 6.07) is 11.7. The maximum Gasteiger partial charge on any atom is 0.251 e. The molecule has 1 atom stereocenters. The van der Waals surface area contributed by atoms with E-state index >= 15 is 0 Å². The van der Waals surface area contributed by atoms with E-state index < -0.39 is 5.41 Å². The molecule has 0 radical (unpaired) electrons. The van der Waals surface area contributed by atoms with Crippen LogP contribution in [-0.4, -0.2) is 35.4 Å². The van der Waals surface area contributed by atoms with Crippen molar-refractivity contribution >= 4 is 23.0 Å². The summed E-state index contributed by atoms with van der Waals surface area (Å²) in [5.74, 6) is -0.456. The first-order valence-corrected chi connectivity index (χ1v) is 8.31. The lowest BCUT2D eigenvalue weighted by Gasteiger charge is -2.31. The zero-order valence-corrected chi connectivity index (χ0v) is 13.9. The van der Waals surface area contributed by atoms with E-state index in [1.54, 1.807) is 36.7 Å². The van der Waals surface area contributed by atoms with Crippen LogP contribution < -0.4 is 5.32 Å². The van der Waals surface area contributed by atoms with Crippen LogP contribution in [0.25, 0.3) is 10.9 Å². The predicted octanol–water partition coefficient (Wildman–Crippen LogP) is 3.01. The number of allylic oxidation sites excluding steroid dienone is 1. The molecule has 3 aromatic rings. The molecule has 1 aliphatic heterocycles. The number of rotatable bonds is 4. The molecule has 0 aliphatic carbocycles. The zero-order valence-electron chi connectivity index (χ0n) is 13.9. The summed E-state index contributed by atoms with van der Waals surface area (Å²) < 4.78 is 13.3. The molecule has 5 nitrogen and oxygen atoms in total. The molecule has 6 heteroatoms. The van der Waals surface area contributed by atoms with Crippen molar-refractivity contribution in [1.29, 1.82) is 0 Å². The van der Waals surface area contributed by atoms with E-state index in [1.807, 2.05) is 18.2 Å². The third kappa shape index (κ3) is 3.01. The van der Waals surface area contributed by atoms with E-state index in [0.29, 0.717) is 18.7 Å². The Balaban J connectivity index is 1.56. The van der Waals surface area contributed by atoms with Crippen LogP contribution in [0, 0.1) is 5.82 Å². The molecule has 1 aromatic heterocycles. The summed E-state index contributed by atoms with van der Waals surface area (Å²) in [6.07, 6.45) is 7.28. The normalized spacial score (nSPS) is 19.0. The van der Waals surface area contributed by atoms with Gasteiger partial charge < -0.3 is 5.32 Å². The quantitative estimate of drug-likeness (QED) is 0.761. The minimum absolute atomic E-state index is 0.169. The van der Waals surface area contributed by atoms with Crippen molar-refractivity contribution in [3.63, 3.8) is 0 Å². The second-order valence-electron chi connectivity index (χ2n) is 6.37. The second-order valence-corrected chi connectivity index (χ2v) is 6.37. The van der Waals surface area contributed by atoms with Crippen LogP contribution in [0.1, 0.15) is 15.9 Å².